The molecule has 36 heavy (non-hydrogen) atoms. The van der Waals surface area contributed by atoms with Gasteiger partial charge < -0.3 is 20.0 Å². The van der Waals surface area contributed by atoms with E-state index in [0.717, 1.165) is 27.6 Å². The minimum absolute atomic E-state index is 0.515. The number of halogens is 1. The van der Waals surface area contributed by atoms with Crippen molar-refractivity contribution in [2.24, 2.45) is 14.1 Å². The van der Waals surface area contributed by atoms with Gasteiger partial charge in [0.2, 0.25) is 0 Å². The number of aryl methyl sites for hydroxylation is 2. The summed E-state index contributed by atoms with van der Waals surface area (Å²) >= 11 is 1.37. The van der Waals surface area contributed by atoms with Crippen LogP contribution >= 0.6 is 11.8 Å². The number of methoxy groups -OCH3 is 1. The van der Waals surface area contributed by atoms with Crippen LogP contribution in [0.4, 0.5) is 4.39 Å². The van der Waals surface area contributed by atoms with Crippen LogP contribution in [0, 0.1) is 11.2 Å². The van der Waals surface area contributed by atoms with E-state index >= 15 is 0 Å². The highest BCUT2D eigenvalue weighted by molar-refractivity contribution is 7.99. The van der Waals surface area contributed by atoms with Crippen LogP contribution < -0.4 is 10.1 Å². The molecule has 0 radical (unpaired) electrons. The first-order valence-electron chi connectivity index (χ1n) is 10.9. The van der Waals surface area contributed by atoms with Crippen molar-refractivity contribution in [3.8, 4) is 16.9 Å². The van der Waals surface area contributed by atoms with Crippen LogP contribution in [-0.4, -0.2) is 49.9 Å². The molecule has 0 aliphatic carbocycles. The third-order valence-electron chi connectivity index (χ3n) is 5.26. The van der Waals surface area contributed by atoms with Crippen LogP contribution in [-0.2, 0) is 14.1 Å². The second-order valence-electron chi connectivity index (χ2n) is 7.77. The summed E-state index contributed by atoms with van der Waals surface area (Å²) in [6, 6.07) is 7.17. The van der Waals surface area contributed by atoms with Crippen LogP contribution in [0.2, 0.25) is 0 Å². The standard InChI is InChI=1S/C25H25FN8OS/c1-28-10-17(9-27)22-13-29-23-6-5-20(8-21(23)24(22)35-4)36-25-32-30-12-19(26)7-16(14-33(25)2)18-11-31-34(3)15-18/h5-15,27-28H,1-4H3/b16-14?,17-10+,19-7?,27-9?,30-12?,32-25?. The van der Waals surface area contributed by atoms with Gasteiger partial charge in [0.1, 0.15) is 11.6 Å². The van der Waals surface area contributed by atoms with Gasteiger partial charge in [-0.05, 0) is 36.0 Å². The molecule has 0 aliphatic heterocycles. The third-order valence-corrected chi connectivity index (χ3v) is 6.30. The van der Waals surface area contributed by atoms with Crippen molar-refractivity contribution in [3.05, 3.63) is 72.8 Å². The van der Waals surface area contributed by atoms with Crippen LogP contribution in [0.15, 0.2) is 71.5 Å². The zero-order valence-corrected chi connectivity index (χ0v) is 21.0. The summed E-state index contributed by atoms with van der Waals surface area (Å²) in [5, 5.41) is 24.4. The number of fused-ring (bicyclic) bond motifs is 1. The van der Waals surface area contributed by atoms with Crippen LogP contribution in [0.25, 0.3) is 27.6 Å². The Balaban J connectivity index is 1.82. The number of nitrogens with one attached hydrogen (secondary N) is 2. The highest BCUT2D eigenvalue weighted by Crippen LogP contribution is 2.35. The van der Waals surface area contributed by atoms with Gasteiger partial charge >= 0.3 is 0 Å². The lowest BCUT2D eigenvalue weighted by Crippen LogP contribution is -2.01. The van der Waals surface area contributed by atoms with E-state index in [9.17, 15) is 4.39 Å². The van der Waals surface area contributed by atoms with Crippen molar-refractivity contribution < 1.29 is 9.13 Å². The van der Waals surface area contributed by atoms with E-state index in [1.165, 1.54) is 24.0 Å². The summed E-state index contributed by atoms with van der Waals surface area (Å²) in [6.07, 6.45) is 11.0. The van der Waals surface area contributed by atoms with Gasteiger partial charge in [-0.2, -0.15) is 10.2 Å². The summed E-state index contributed by atoms with van der Waals surface area (Å²) in [4.78, 5) is 5.41. The Hall–Kier alpha value is -4.25. The predicted octanol–water partition coefficient (Wildman–Crippen LogP) is 4.40. The summed E-state index contributed by atoms with van der Waals surface area (Å²) in [5.41, 5.74) is 3.49. The Morgan fingerprint density at radius 2 is 1.97 bits per heavy atom. The topological polar surface area (TPSA) is 107 Å². The largest absolute Gasteiger partial charge is 0.495 e. The van der Waals surface area contributed by atoms with Crippen molar-refractivity contribution in [1.29, 1.82) is 5.41 Å². The molecule has 1 aromatic carbocycles. The van der Waals surface area contributed by atoms with Crippen molar-refractivity contribution in [2.45, 2.75) is 10.1 Å². The molecule has 0 unspecified atom stereocenters. The van der Waals surface area contributed by atoms with Gasteiger partial charge in [-0.15, -0.1) is 5.10 Å². The van der Waals surface area contributed by atoms with Gasteiger partial charge in [0.25, 0.3) is 0 Å². The maximum absolute atomic E-state index is 14.4. The molecule has 0 spiro atoms. The van der Waals surface area contributed by atoms with E-state index in [0.29, 0.717) is 27.6 Å². The lowest BCUT2D eigenvalue weighted by Gasteiger charge is -2.13. The van der Waals surface area contributed by atoms with E-state index in [1.54, 1.807) is 55.2 Å². The highest BCUT2D eigenvalue weighted by Gasteiger charge is 2.14. The first-order valence-corrected chi connectivity index (χ1v) is 11.7. The number of allylic oxidation sites excluding steroid dienone is 1. The monoisotopic (exact) mass is 504 g/mol. The SMILES string of the molecule is CN/C=C(\C=N)c1cnc2ccc(Sc3nncc(F)cc(-c4cnn(C)c4)cn3C)cc2c1OC. The molecule has 2 N–H and O–H groups in total. The molecule has 184 valence electrons. The number of benzene rings is 1. The highest BCUT2D eigenvalue weighted by atomic mass is 32.2. The molecule has 0 saturated carbocycles. The molecule has 0 amide bonds. The van der Waals surface area contributed by atoms with Gasteiger partial charge in [-0.1, -0.05) is 0 Å². The molecule has 11 heteroatoms. The number of pyridine rings is 1. The smallest absolute Gasteiger partial charge is 0.194 e. The summed E-state index contributed by atoms with van der Waals surface area (Å²) < 4.78 is 23.6. The van der Waals surface area contributed by atoms with E-state index < -0.39 is 5.82 Å². The van der Waals surface area contributed by atoms with Crippen molar-refractivity contribution in [2.75, 3.05) is 14.2 Å². The normalized spacial score (nSPS) is 11.3. The van der Waals surface area contributed by atoms with Crippen LogP contribution in [0.3, 0.4) is 0 Å². The fourth-order valence-electron chi connectivity index (χ4n) is 3.61. The lowest BCUT2D eigenvalue weighted by molar-refractivity contribution is 0.418. The molecule has 3 heterocycles. The van der Waals surface area contributed by atoms with Crippen LogP contribution in [0.5, 0.6) is 5.75 Å². The van der Waals surface area contributed by atoms with E-state index in [4.69, 9.17) is 10.1 Å². The quantitative estimate of drug-likeness (QED) is 0.359. The van der Waals surface area contributed by atoms with Gasteiger partial charge in [0.05, 0.1) is 25.0 Å². The zero-order chi connectivity index (χ0) is 25.7. The maximum atomic E-state index is 14.4. The van der Waals surface area contributed by atoms with Crippen molar-refractivity contribution >= 4 is 34.5 Å². The van der Waals surface area contributed by atoms with Gasteiger partial charge in [-0.3, -0.25) is 9.67 Å². The molecule has 3 aromatic heterocycles. The average Bonchev–Trinajstić information content (AvgIpc) is 3.33. The lowest BCUT2D eigenvalue weighted by atomic mass is 10.1. The second kappa shape index (κ2) is 11.0. The molecule has 0 bridgehead atoms. The van der Waals surface area contributed by atoms with Gasteiger partial charge in [-0.25, -0.2) is 4.39 Å². The Labute approximate surface area is 211 Å². The summed E-state index contributed by atoms with van der Waals surface area (Å²) in [5.74, 6) is 0.0967. The van der Waals surface area contributed by atoms with Gasteiger partial charge in [0.15, 0.2) is 5.16 Å². The fourth-order valence-corrected chi connectivity index (χ4v) is 4.41. The molecule has 0 atom stereocenters. The van der Waals surface area contributed by atoms with Crippen molar-refractivity contribution in [3.63, 3.8) is 0 Å². The Kier molecular flexibility index (Phi) is 7.59. The Morgan fingerprint density at radius 3 is 2.67 bits per heavy atom. The fraction of sp³-hybridized carbons (Fsp3) is 0.160. The summed E-state index contributed by atoms with van der Waals surface area (Å²) in [7, 11) is 7.00. The third kappa shape index (κ3) is 5.36. The number of ether oxygens (including phenoxy) is 1. The van der Waals surface area contributed by atoms with Crippen molar-refractivity contribution in [1.82, 2.24) is 34.8 Å². The second-order valence-corrected chi connectivity index (χ2v) is 8.81. The Bertz CT molecular complexity index is 1510. The molecule has 9 nitrogen and oxygen atoms in total. The zero-order valence-electron chi connectivity index (χ0n) is 20.2. The molecular weight excluding hydrogens is 479 g/mol. The number of aromatic nitrogens is 6. The summed E-state index contributed by atoms with van der Waals surface area (Å²) in [6.45, 7) is 0. The average molecular weight is 505 g/mol. The molecular formula is C25H25FN8OS. The number of hydrogen-bond donors (Lipinski definition) is 2. The molecule has 0 fully saturated rings. The number of rotatable bonds is 7. The predicted molar refractivity (Wildman–Crippen MR) is 139 cm³/mol. The minimum Gasteiger partial charge on any atom is -0.495 e. The molecule has 0 saturated heterocycles. The van der Waals surface area contributed by atoms with E-state index in [1.807, 2.05) is 31.4 Å². The van der Waals surface area contributed by atoms with Crippen LogP contribution in [0.1, 0.15) is 5.56 Å². The number of hydrogen-bond acceptors (Lipinski definition) is 8. The maximum Gasteiger partial charge on any atom is 0.194 e. The van der Waals surface area contributed by atoms with Gasteiger partial charge in [0, 0.05) is 84.7 Å². The first kappa shape index (κ1) is 24.9. The van der Waals surface area contributed by atoms with E-state index in [-0.39, 0.29) is 0 Å². The molecule has 4 aromatic rings. The molecule has 4 rings (SSSR count). The first-order chi connectivity index (χ1) is 17.4. The van der Waals surface area contributed by atoms with E-state index in [2.05, 4.69) is 25.6 Å². The molecule has 0 aliphatic rings. The minimum atomic E-state index is -0.515. The number of nitrogens with zero attached hydrogens (tertiary/aromatic N) is 6. The Morgan fingerprint density at radius 1 is 1.14 bits per heavy atom.